The molecule has 3 aromatic carbocycles. The van der Waals surface area contributed by atoms with Crippen molar-refractivity contribution >= 4 is 39.0 Å². The summed E-state index contributed by atoms with van der Waals surface area (Å²) < 4.78 is 3.51. The van der Waals surface area contributed by atoms with Crippen LogP contribution in [-0.4, -0.2) is 4.57 Å². The number of benzene rings is 3. The van der Waals surface area contributed by atoms with E-state index in [1.165, 1.54) is 11.3 Å². The number of hydrogen-bond donors (Lipinski definition) is 0. The Labute approximate surface area is 186 Å². The lowest BCUT2D eigenvalue weighted by molar-refractivity contribution is 0.644. The zero-order valence-electron chi connectivity index (χ0n) is 15.9. The summed E-state index contributed by atoms with van der Waals surface area (Å²) in [5, 5.41) is 0. The highest BCUT2D eigenvalue weighted by Crippen LogP contribution is 2.27. The van der Waals surface area contributed by atoms with Crippen LogP contribution in [0.25, 0.3) is 11.8 Å². The van der Waals surface area contributed by atoms with Crippen LogP contribution >= 0.6 is 27.3 Å². The van der Waals surface area contributed by atoms with E-state index in [2.05, 4.69) is 34.1 Å². The minimum atomic E-state index is -0.195. The van der Waals surface area contributed by atoms with E-state index < -0.39 is 0 Å². The topological polar surface area (TPSA) is 34.4 Å². The van der Waals surface area contributed by atoms with Crippen LogP contribution in [0.15, 0.2) is 105 Å². The standard InChI is InChI=1S/C25H17BrN2OS/c26-20-13-11-18(12-14-20)21-16-22(19-9-5-2-6-10-19)28-24(29)23(30-25(28)27-21)15-17-7-3-1-4-8-17/h1-16,22H/b23-15-/t22-/m0/s1. The minimum Gasteiger partial charge on any atom is -0.272 e. The third-order valence-corrected chi connectivity index (χ3v) is 6.54. The van der Waals surface area contributed by atoms with Gasteiger partial charge in [0, 0.05) is 10.0 Å². The van der Waals surface area contributed by atoms with Gasteiger partial charge < -0.3 is 0 Å². The summed E-state index contributed by atoms with van der Waals surface area (Å²) >= 11 is 4.93. The van der Waals surface area contributed by atoms with E-state index >= 15 is 0 Å². The molecule has 1 aliphatic heterocycles. The number of rotatable bonds is 3. The van der Waals surface area contributed by atoms with Gasteiger partial charge in [0.25, 0.3) is 5.56 Å². The summed E-state index contributed by atoms with van der Waals surface area (Å²) in [6.07, 6.45) is 4.02. The van der Waals surface area contributed by atoms with Crippen LogP contribution in [-0.2, 0) is 0 Å². The molecule has 0 amide bonds. The Morgan fingerprint density at radius 2 is 1.57 bits per heavy atom. The lowest BCUT2D eigenvalue weighted by Crippen LogP contribution is -2.36. The van der Waals surface area contributed by atoms with Crippen molar-refractivity contribution in [1.29, 1.82) is 0 Å². The van der Waals surface area contributed by atoms with Crippen molar-refractivity contribution in [3.05, 3.63) is 132 Å². The zero-order valence-corrected chi connectivity index (χ0v) is 18.3. The Balaban J connectivity index is 1.73. The molecule has 1 aromatic heterocycles. The molecule has 0 bridgehead atoms. The third-order valence-electron chi connectivity index (χ3n) is 5.03. The quantitative estimate of drug-likeness (QED) is 0.423. The van der Waals surface area contributed by atoms with E-state index in [4.69, 9.17) is 4.99 Å². The Morgan fingerprint density at radius 1 is 0.900 bits per heavy atom. The summed E-state index contributed by atoms with van der Waals surface area (Å²) in [5.74, 6) is 0. The van der Waals surface area contributed by atoms with Gasteiger partial charge in [-0.3, -0.25) is 9.36 Å². The van der Waals surface area contributed by atoms with Gasteiger partial charge in [-0.05, 0) is 35.4 Å². The Morgan fingerprint density at radius 3 is 2.27 bits per heavy atom. The number of nitrogens with zero attached hydrogens (tertiary/aromatic N) is 2. The second-order valence-corrected chi connectivity index (χ2v) is 8.93. The molecule has 146 valence electrons. The van der Waals surface area contributed by atoms with E-state index in [1.54, 1.807) is 4.57 Å². The molecular weight excluding hydrogens is 456 g/mol. The number of fused-ring (bicyclic) bond motifs is 1. The fraction of sp³-hybridized carbons (Fsp3) is 0.0400. The smallest absolute Gasteiger partial charge is 0.271 e. The van der Waals surface area contributed by atoms with Gasteiger partial charge in [-0.1, -0.05) is 100 Å². The number of halogens is 1. The second-order valence-electron chi connectivity index (χ2n) is 7.01. The van der Waals surface area contributed by atoms with Crippen molar-refractivity contribution in [3.63, 3.8) is 0 Å². The maximum Gasteiger partial charge on any atom is 0.271 e. The lowest BCUT2D eigenvalue weighted by atomic mass is 10.0. The monoisotopic (exact) mass is 472 g/mol. The molecule has 30 heavy (non-hydrogen) atoms. The predicted molar refractivity (Wildman–Crippen MR) is 126 cm³/mol. The molecule has 0 radical (unpaired) electrons. The number of aromatic nitrogens is 1. The van der Waals surface area contributed by atoms with Crippen molar-refractivity contribution in [2.75, 3.05) is 0 Å². The van der Waals surface area contributed by atoms with Crippen molar-refractivity contribution in [2.24, 2.45) is 4.99 Å². The van der Waals surface area contributed by atoms with Crippen LogP contribution in [0.5, 0.6) is 0 Å². The fourth-order valence-corrected chi connectivity index (χ4v) is 4.83. The van der Waals surface area contributed by atoms with Gasteiger partial charge in [-0.25, -0.2) is 4.99 Å². The lowest BCUT2D eigenvalue weighted by Gasteiger charge is -2.19. The Bertz CT molecular complexity index is 1400. The number of hydrogen-bond acceptors (Lipinski definition) is 3. The third kappa shape index (κ3) is 3.62. The molecule has 5 heteroatoms. The van der Waals surface area contributed by atoms with E-state index in [0.717, 1.165) is 31.7 Å². The normalized spacial score (nSPS) is 16.0. The van der Waals surface area contributed by atoms with E-state index in [-0.39, 0.29) is 11.6 Å². The first-order valence-electron chi connectivity index (χ1n) is 9.58. The van der Waals surface area contributed by atoms with Crippen LogP contribution in [0.4, 0.5) is 0 Å². The van der Waals surface area contributed by atoms with E-state index in [9.17, 15) is 4.79 Å². The molecule has 3 nitrogen and oxygen atoms in total. The molecule has 2 heterocycles. The molecule has 1 atom stereocenters. The largest absolute Gasteiger partial charge is 0.272 e. The second kappa shape index (κ2) is 8.01. The molecule has 5 rings (SSSR count). The fourth-order valence-electron chi connectivity index (χ4n) is 3.55. The molecule has 0 N–H and O–H groups in total. The van der Waals surface area contributed by atoms with Crippen LogP contribution in [0.3, 0.4) is 0 Å². The average molecular weight is 473 g/mol. The van der Waals surface area contributed by atoms with Crippen molar-refractivity contribution < 1.29 is 0 Å². The van der Waals surface area contributed by atoms with Crippen molar-refractivity contribution in [2.45, 2.75) is 6.04 Å². The summed E-state index contributed by atoms with van der Waals surface area (Å²) in [4.78, 5) is 18.9. The Hall–Kier alpha value is -3.02. The first kappa shape index (κ1) is 19.0. The molecule has 0 fully saturated rings. The molecule has 0 unspecified atom stereocenters. The van der Waals surface area contributed by atoms with E-state index in [0.29, 0.717) is 4.53 Å². The summed E-state index contributed by atoms with van der Waals surface area (Å²) in [5.41, 5.74) is 3.96. The van der Waals surface area contributed by atoms with Crippen LogP contribution in [0, 0.1) is 0 Å². The molecule has 0 saturated carbocycles. The maximum atomic E-state index is 13.3. The zero-order chi connectivity index (χ0) is 20.5. The highest BCUT2D eigenvalue weighted by atomic mass is 79.9. The Kier molecular flexibility index (Phi) is 5.07. The average Bonchev–Trinajstić information content (AvgIpc) is 3.10. The van der Waals surface area contributed by atoms with Crippen LogP contribution in [0.1, 0.15) is 22.7 Å². The maximum absolute atomic E-state index is 13.3. The first-order chi connectivity index (χ1) is 14.7. The predicted octanol–water partition coefficient (Wildman–Crippen LogP) is 4.76. The van der Waals surface area contributed by atoms with Crippen molar-refractivity contribution in [3.8, 4) is 0 Å². The molecular formula is C25H17BrN2OS. The minimum absolute atomic E-state index is 0.0115. The molecule has 1 aliphatic rings. The van der Waals surface area contributed by atoms with Gasteiger partial charge in [0.1, 0.15) is 0 Å². The van der Waals surface area contributed by atoms with Crippen LogP contribution in [0.2, 0.25) is 0 Å². The molecule has 0 aliphatic carbocycles. The van der Waals surface area contributed by atoms with Gasteiger partial charge in [0.15, 0.2) is 4.80 Å². The highest BCUT2D eigenvalue weighted by Gasteiger charge is 2.22. The van der Waals surface area contributed by atoms with Gasteiger partial charge in [-0.15, -0.1) is 0 Å². The van der Waals surface area contributed by atoms with Gasteiger partial charge >= 0.3 is 0 Å². The SMILES string of the molecule is O=c1/c(=C/c2ccccc2)sc2n1[C@H](c1ccccc1)C=C(c1ccc(Br)cc1)N=2. The number of allylic oxidation sites excluding steroid dienone is 1. The molecule has 0 spiro atoms. The summed E-state index contributed by atoms with van der Waals surface area (Å²) in [6.45, 7) is 0. The van der Waals surface area contributed by atoms with Crippen molar-refractivity contribution in [1.82, 2.24) is 4.57 Å². The van der Waals surface area contributed by atoms with Gasteiger partial charge in [0.2, 0.25) is 0 Å². The van der Waals surface area contributed by atoms with E-state index in [1.807, 2.05) is 78.9 Å². The number of thiazole rings is 1. The molecule has 4 aromatic rings. The highest BCUT2D eigenvalue weighted by molar-refractivity contribution is 9.10. The summed E-state index contributed by atoms with van der Waals surface area (Å²) in [6, 6.07) is 27.9. The molecule has 0 saturated heterocycles. The first-order valence-corrected chi connectivity index (χ1v) is 11.2. The van der Waals surface area contributed by atoms with Gasteiger partial charge in [0.05, 0.1) is 16.3 Å². The van der Waals surface area contributed by atoms with Crippen LogP contribution < -0.4 is 14.9 Å². The van der Waals surface area contributed by atoms with Gasteiger partial charge in [-0.2, -0.15) is 0 Å². The summed E-state index contributed by atoms with van der Waals surface area (Å²) in [7, 11) is 0.